The number of rotatable bonds is 7. The molecule has 2 aliphatic carbocycles. The molecule has 2 aliphatic heterocycles. The van der Waals surface area contributed by atoms with Crippen molar-refractivity contribution in [3.8, 4) is 22.7 Å². The topological polar surface area (TPSA) is 139 Å². The predicted molar refractivity (Wildman–Crippen MR) is 168 cm³/mol. The van der Waals surface area contributed by atoms with E-state index in [9.17, 15) is 23.1 Å². The van der Waals surface area contributed by atoms with Gasteiger partial charge >= 0.3 is 0 Å². The van der Waals surface area contributed by atoms with E-state index in [1.165, 1.54) is 29.1 Å². The van der Waals surface area contributed by atoms with Crippen molar-refractivity contribution >= 4 is 32.5 Å². The number of aromatic hydroxyl groups is 1. The maximum Gasteiger partial charge on any atom is 0.277 e. The summed E-state index contributed by atoms with van der Waals surface area (Å²) in [6, 6.07) is 4.59. The van der Waals surface area contributed by atoms with Crippen molar-refractivity contribution in [1.29, 1.82) is 0 Å². The lowest BCUT2D eigenvalue weighted by Gasteiger charge is -2.61. The van der Waals surface area contributed by atoms with Gasteiger partial charge in [-0.05, 0) is 50.0 Å². The summed E-state index contributed by atoms with van der Waals surface area (Å²) in [6.45, 7) is 5.00. The Morgan fingerprint density at radius 1 is 1.02 bits per heavy atom. The number of amides is 1. The molecule has 2 saturated carbocycles. The van der Waals surface area contributed by atoms with Crippen LogP contribution in [0.5, 0.6) is 5.75 Å². The first-order valence-electron chi connectivity index (χ1n) is 15.4. The molecule has 3 aromatic heterocycles. The third-order valence-corrected chi connectivity index (χ3v) is 10.7. The minimum atomic E-state index is -4.23. The highest BCUT2D eigenvalue weighted by Crippen LogP contribution is 2.49. The fourth-order valence-corrected chi connectivity index (χ4v) is 8.14. The Bertz CT molecular complexity index is 2170. The molecule has 4 aliphatic rings. The quantitative estimate of drug-likeness (QED) is 0.293. The third kappa shape index (κ3) is 4.63. The highest BCUT2D eigenvalue weighted by molar-refractivity contribution is 7.90. The third-order valence-electron chi connectivity index (χ3n) is 9.57. The largest absolute Gasteiger partial charge is 0.507 e. The minimum absolute atomic E-state index is 0.00336. The van der Waals surface area contributed by atoms with Crippen molar-refractivity contribution in [2.75, 3.05) is 37.3 Å². The predicted octanol–water partition coefficient (Wildman–Crippen LogP) is 3.82. The molecule has 242 valence electrons. The number of halogens is 2. The Hall–Kier alpha value is -4.72. The second-order valence-electron chi connectivity index (χ2n) is 13.2. The fraction of sp³-hybridized carbons (Fsp3) is 0.364. The average Bonchev–Trinajstić information content (AvgIpc) is 3.89. The summed E-state index contributed by atoms with van der Waals surface area (Å²) >= 11 is 0. The molecule has 4 fully saturated rings. The van der Waals surface area contributed by atoms with Gasteiger partial charge in [-0.1, -0.05) is 12.6 Å². The number of phenols is 1. The summed E-state index contributed by atoms with van der Waals surface area (Å²) < 4.78 is 59.6. The smallest absolute Gasteiger partial charge is 0.277 e. The summed E-state index contributed by atoms with van der Waals surface area (Å²) in [5.74, 6) is -2.67. The highest BCUT2D eigenvalue weighted by Gasteiger charge is 2.54. The van der Waals surface area contributed by atoms with Crippen LogP contribution in [0.3, 0.4) is 0 Å². The van der Waals surface area contributed by atoms with Crippen molar-refractivity contribution in [1.82, 2.24) is 24.4 Å². The van der Waals surface area contributed by atoms with Gasteiger partial charge in [-0.25, -0.2) is 32.2 Å². The number of carbonyl (C=O) groups is 1. The lowest BCUT2D eigenvalue weighted by Crippen LogP contribution is -2.73. The lowest BCUT2D eigenvalue weighted by molar-refractivity contribution is -0.139. The van der Waals surface area contributed by atoms with Crippen molar-refractivity contribution in [2.45, 2.75) is 42.4 Å². The average molecular weight is 661 g/mol. The molecule has 4 aromatic rings. The molecule has 47 heavy (non-hydrogen) atoms. The first-order chi connectivity index (χ1) is 22.4. The van der Waals surface area contributed by atoms with Crippen LogP contribution in [0, 0.1) is 17.0 Å². The van der Waals surface area contributed by atoms with E-state index in [4.69, 9.17) is 0 Å². The number of pyridine rings is 2. The van der Waals surface area contributed by atoms with Crippen LogP contribution in [0.1, 0.15) is 48.9 Å². The summed E-state index contributed by atoms with van der Waals surface area (Å²) in [5.41, 5.74) is -0.881. The van der Waals surface area contributed by atoms with Gasteiger partial charge in [0.05, 0.1) is 28.3 Å². The second-order valence-corrected chi connectivity index (χ2v) is 15.2. The first kappa shape index (κ1) is 29.7. The van der Waals surface area contributed by atoms with E-state index in [1.54, 1.807) is 9.80 Å². The SMILES string of the molecule is C=CC(=O)N1CC2(C1)CN(c1c(S(C)(=O)=O)c(=O)n(-c3c(C4CC4)ncnc3C3CC3)c3nc(-c4c(O)cccc4F)c(F)cc13)C2. The van der Waals surface area contributed by atoms with E-state index < -0.39 is 48.9 Å². The van der Waals surface area contributed by atoms with Gasteiger partial charge in [0, 0.05) is 55.1 Å². The van der Waals surface area contributed by atoms with E-state index >= 15 is 8.78 Å². The number of hydrogen-bond acceptors (Lipinski definition) is 9. The molecule has 14 heteroatoms. The lowest BCUT2D eigenvalue weighted by atomic mass is 9.72. The van der Waals surface area contributed by atoms with Crippen LogP contribution in [0.2, 0.25) is 0 Å². The Balaban J connectivity index is 1.43. The van der Waals surface area contributed by atoms with E-state index in [0.717, 1.165) is 44.1 Å². The zero-order valence-electron chi connectivity index (χ0n) is 25.4. The maximum absolute atomic E-state index is 16.2. The Kier molecular flexibility index (Phi) is 6.40. The zero-order valence-corrected chi connectivity index (χ0v) is 26.2. The second kappa shape index (κ2) is 10.1. The van der Waals surface area contributed by atoms with Crippen LogP contribution < -0.4 is 10.5 Å². The molecule has 1 aromatic carbocycles. The minimum Gasteiger partial charge on any atom is -0.507 e. The van der Waals surface area contributed by atoms with Crippen LogP contribution in [-0.2, 0) is 14.6 Å². The molecule has 1 N–H and O–H groups in total. The number of fused-ring (bicyclic) bond motifs is 1. The van der Waals surface area contributed by atoms with Gasteiger partial charge in [0.1, 0.15) is 23.6 Å². The maximum atomic E-state index is 16.2. The highest BCUT2D eigenvalue weighted by atomic mass is 32.2. The molecule has 5 heterocycles. The molecule has 2 saturated heterocycles. The van der Waals surface area contributed by atoms with Crippen LogP contribution in [0.4, 0.5) is 14.5 Å². The molecule has 11 nitrogen and oxygen atoms in total. The van der Waals surface area contributed by atoms with Gasteiger partial charge in [-0.3, -0.25) is 14.2 Å². The number of aromatic nitrogens is 4. The van der Waals surface area contributed by atoms with Gasteiger partial charge in [-0.15, -0.1) is 0 Å². The summed E-state index contributed by atoms with van der Waals surface area (Å²) in [4.78, 5) is 43.3. The number of carbonyl (C=O) groups excluding carboxylic acids is 1. The molecule has 1 amide bonds. The molecular formula is C33H30F2N6O5S. The summed E-state index contributed by atoms with van der Waals surface area (Å²) in [6.07, 6.45) is 6.87. The molecule has 0 bridgehead atoms. The molecule has 8 rings (SSSR count). The van der Waals surface area contributed by atoms with Crippen LogP contribution in [0.25, 0.3) is 28.0 Å². The van der Waals surface area contributed by atoms with Crippen molar-refractivity contribution in [3.05, 3.63) is 76.6 Å². The Morgan fingerprint density at radius 3 is 2.21 bits per heavy atom. The van der Waals surface area contributed by atoms with Crippen LogP contribution >= 0.6 is 0 Å². The normalized spacial score (nSPS) is 18.7. The monoisotopic (exact) mass is 660 g/mol. The van der Waals surface area contributed by atoms with Gasteiger partial charge in [0.25, 0.3) is 5.56 Å². The molecule has 1 spiro atoms. The standard InChI is InChI=1S/C33H30F2N6O5S/c1-3-23(43)39-12-33(13-39)14-40(15-33)28-19-11-21(35)27(24-20(34)5-4-6-22(24)42)38-31(19)41(32(44)30(28)47(2,45)46)29-25(17-7-8-17)36-16-37-26(29)18-9-10-18/h3-6,11,16-18,42H,1,7-10,12-15H2,2H3. The Labute approximate surface area is 268 Å². The number of nitrogens with zero attached hydrogens (tertiary/aromatic N) is 6. The van der Waals surface area contributed by atoms with Gasteiger partial charge in [0.15, 0.2) is 26.2 Å². The van der Waals surface area contributed by atoms with Gasteiger partial charge < -0.3 is 14.9 Å². The van der Waals surface area contributed by atoms with E-state index in [2.05, 4.69) is 21.5 Å². The van der Waals surface area contributed by atoms with Crippen molar-refractivity contribution in [3.63, 3.8) is 0 Å². The number of hydrogen-bond donors (Lipinski definition) is 1. The zero-order chi connectivity index (χ0) is 33.0. The van der Waals surface area contributed by atoms with Gasteiger partial charge in [0.2, 0.25) is 5.91 Å². The summed E-state index contributed by atoms with van der Waals surface area (Å²) in [5, 5.41) is 10.6. The van der Waals surface area contributed by atoms with Gasteiger partial charge in [-0.2, -0.15) is 0 Å². The Morgan fingerprint density at radius 2 is 1.66 bits per heavy atom. The number of benzene rings is 1. The van der Waals surface area contributed by atoms with Crippen molar-refractivity contribution < 1.29 is 27.1 Å². The summed E-state index contributed by atoms with van der Waals surface area (Å²) in [7, 11) is -4.23. The fourth-order valence-electron chi connectivity index (χ4n) is 7.14. The first-order valence-corrected chi connectivity index (χ1v) is 17.3. The van der Waals surface area contributed by atoms with Crippen molar-refractivity contribution in [2.24, 2.45) is 5.41 Å². The number of sulfone groups is 1. The molecular weight excluding hydrogens is 630 g/mol. The molecule has 0 unspecified atom stereocenters. The van der Waals surface area contributed by atoms with E-state index in [1.807, 2.05) is 0 Å². The van der Waals surface area contributed by atoms with E-state index in [0.29, 0.717) is 43.3 Å². The number of phenolic OH excluding ortho intramolecular Hbond substituents is 1. The van der Waals surface area contributed by atoms with Crippen LogP contribution in [-0.4, -0.2) is 76.3 Å². The number of likely N-dealkylation sites (tertiary alicyclic amines) is 1. The molecule has 0 radical (unpaired) electrons. The number of anilines is 1. The van der Waals surface area contributed by atoms with E-state index in [-0.39, 0.29) is 39.9 Å². The molecule has 0 atom stereocenters. The van der Waals surface area contributed by atoms with Crippen LogP contribution in [0.15, 0.2) is 52.9 Å².